The third-order valence-corrected chi connectivity index (χ3v) is 1.93. The Morgan fingerprint density at radius 3 is 2.36 bits per heavy atom. The molecule has 0 aromatic rings. The Kier molecular flexibility index (Phi) is 7.07. The van der Waals surface area contributed by atoms with Gasteiger partial charge >= 0.3 is 0 Å². The average molecular weight is 198 g/mol. The summed E-state index contributed by atoms with van der Waals surface area (Å²) in [6, 6.07) is 0. The van der Waals surface area contributed by atoms with Crippen LogP contribution in [0.2, 0.25) is 0 Å². The van der Waals surface area contributed by atoms with E-state index < -0.39 is 0 Å². The summed E-state index contributed by atoms with van der Waals surface area (Å²) in [5, 5.41) is 6.13. The molecule has 0 spiro atoms. The van der Waals surface area contributed by atoms with Gasteiger partial charge in [-0.3, -0.25) is 9.80 Å². The summed E-state index contributed by atoms with van der Waals surface area (Å²) < 4.78 is 0. The van der Waals surface area contributed by atoms with Gasteiger partial charge in [-0.05, 0) is 19.8 Å². The molecule has 14 heavy (non-hydrogen) atoms. The molecule has 0 saturated carbocycles. The molecule has 0 radical (unpaired) electrons. The summed E-state index contributed by atoms with van der Waals surface area (Å²) in [5.41, 5.74) is 0. The number of carbonyl (C=O) groups excluding carboxylic acids is 1. The maximum atomic E-state index is 11.3. The van der Waals surface area contributed by atoms with E-state index in [0.29, 0.717) is 18.8 Å². The van der Waals surface area contributed by atoms with Crippen LogP contribution in [0.5, 0.6) is 0 Å². The molecule has 0 heterocycles. The number of nitrogens with zero attached hydrogens (tertiary/aromatic N) is 2. The number of Topliss-reactive ketones (excluding diaryl/α,β-unsaturated/α-hetero) is 1. The average Bonchev–Trinajstić information content (AvgIpc) is 2.11. The Balaban J connectivity index is 3.74. The van der Waals surface area contributed by atoms with Gasteiger partial charge in [0, 0.05) is 32.1 Å². The fraction of sp³-hybridized carbons (Fsp3) is 0.818. The Hall–Kier alpha value is -0.860. The van der Waals surface area contributed by atoms with Crippen LogP contribution >= 0.6 is 0 Å². The van der Waals surface area contributed by atoms with Crippen molar-refractivity contribution < 1.29 is 4.79 Å². The summed E-state index contributed by atoms with van der Waals surface area (Å²) in [7, 11) is 0. The highest BCUT2D eigenvalue weighted by atomic mass is 16.1. The van der Waals surface area contributed by atoms with Gasteiger partial charge in [-0.2, -0.15) is 5.10 Å². The zero-order valence-corrected chi connectivity index (χ0v) is 9.79. The molecule has 0 amide bonds. The monoisotopic (exact) mass is 198 g/mol. The van der Waals surface area contributed by atoms with E-state index in [-0.39, 0.29) is 5.78 Å². The number of hydrogen-bond donors (Lipinski definition) is 0. The van der Waals surface area contributed by atoms with E-state index in [1.807, 2.05) is 5.01 Å². The van der Waals surface area contributed by atoms with E-state index in [9.17, 15) is 4.79 Å². The minimum Gasteiger partial charge on any atom is -0.299 e. The fourth-order valence-electron chi connectivity index (χ4n) is 1.18. The van der Waals surface area contributed by atoms with Gasteiger partial charge in [0.25, 0.3) is 0 Å². The van der Waals surface area contributed by atoms with Crippen LogP contribution in [0, 0.1) is 5.92 Å². The van der Waals surface area contributed by atoms with Gasteiger partial charge in [-0.25, -0.2) is 0 Å². The quantitative estimate of drug-likeness (QED) is 0.464. The van der Waals surface area contributed by atoms with Crippen molar-refractivity contribution in [3.05, 3.63) is 0 Å². The highest BCUT2D eigenvalue weighted by molar-refractivity contribution is 5.91. The van der Waals surface area contributed by atoms with Gasteiger partial charge in [-0.1, -0.05) is 13.8 Å². The molecule has 0 N–H and O–H groups in total. The summed E-state index contributed by atoms with van der Waals surface area (Å²) in [5.74, 6) is 0.722. The van der Waals surface area contributed by atoms with Gasteiger partial charge in [0.15, 0.2) is 0 Å². The lowest BCUT2D eigenvalue weighted by Gasteiger charge is -2.12. The maximum Gasteiger partial charge on any atom is 0.138 e. The predicted molar refractivity (Wildman–Crippen MR) is 60.5 cm³/mol. The third kappa shape index (κ3) is 6.63. The normalized spacial score (nSPS) is 11.2. The number of hydrogen-bond acceptors (Lipinski definition) is 3. The lowest BCUT2D eigenvalue weighted by atomic mass is 10.1. The minimum absolute atomic E-state index is 0.274. The fourth-order valence-corrected chi connectivity index (χ4v) is 1.18. The molecule has 0 bridgehead atoms. The number of ketones is 1. The zero-order chi connectivity index (χ0) is 11.0. The van der Waals surface area contributed by atoms with Crippen molar-refractivity contribution in [3.63, 3.8) is 0 Å². The van der Waals surface area contributed by atoms with E-state index in [1.165, 1.54) is 0 Å². The van der Waals surface area contributed by atoms with Crippen molar-refractivity contribution >= 4 is 12.0 Å². The molecule has 82 valence electrons. The highest BCUT2D eigenvalue weighted by Crippen LogP contribution is 2.01. The molecule has 3 heteroatoms. The van der Waals surface area contributed by atoms with Gasteiger partial charge in [-0.15, -0.1) is 0 Å². The first-order chi connectivity index (χ1) is 6.60. The standard InChI is InChI=1S/C11H22N2O/c1-5-13(6-2)12-8-7-11(14)9-10(3)4/h8,10H,5-7,9H2,1-4H3/b12-8+. The van der Waals surface area contributed by atoms with Crippen molar-refractivity contribution in [2.75, 3.05) is 13.1 Å². The van der Waals surface area contributed by atoms with Crippen LogP contribution in [0.25, 0.3) is 0 Å². The molecule has 0 aliphatic rings. The van der Waals surface area contributed by atoms with Crippen molar-refractivity contribution in [1.29, 1.82) is 0 Å². The summed E-state index contributed by atoms with van der Waals surface area (Å²) in [6.45, 7) is 10.0. The first-order valence-corrected chi connectivity index (χ1v) is 5.39. The van der Waals surface area contributed by atoms with E-state index in [4.69, 9.17) is 0 Å². The van der Waals surface area contributed by atoms with Crippen LogP contribution in [0.1, 0.15) is 40.5 Å². The van der Waals surface area contributed by atoms with Crippen LogP contribution in [-0.4, -0.2) is 30.1 Å². The largest absolute Gasteiger partial charge is 0.299 e. The lowest BCUT2D eigenvalue weighted by Crippen LogP contribution is -2.16. The van der Waals surface area contributed by atoms with E-state index in [0.717, 1.165) is 13.1 Å². The maximum absolute atomic E-state index is 11.3. The molecule has 0 atom stereocenters. The second-order valence-electron chi connectivity index (χ2n) is 3.78. The first kappa shape index (κ1) is 13.1. The van der Waals surface area contributed by atoms with Crippen LogP contribution in [0.3, 0.4) is 0 Å². The van der Waals surface area contributed by atoms with E-state index >= 15 is 0 Å². The Morgan fingerprint density at radius 2 is 1.93 bits per heavy atom. The second kappa shape index (κ2) is 7.54. The first-order valence-electron chi connectivity index (χ1n) is 5.39. The van der Waals surface area contributed by atoms with Crippen LogP contribution in [-0.2, 0) is 4.79 Å². The highest BCUT2D eigenvalue weighted by Gasteiger charge is 2.02. The Bertz CT molecular complexity index is 184. The Morgan fingerprint density at radius 1 is 1.36 bits per heavy atom. The molecule has 0 saturated heterocycles. The molecule has 0 fully saturated rings. The third-order valence-electron chi connectivity index (χ3n) is 1.93. The van der Waals surface area contributed by atoms with Crippen molar-refractivity contribution in [3.8, 4) is 0 Å². The van der Waals surface area contributed by atoms with Crippen LogP contribution in [0.4, 0.5) is 0 Å². The van der Waals surface area contributed by atoms with E-state index in [1.54, 1.807) is 6.21 Å². The molecule has 0 aromatic heterocycles. The Labute approximate surface area is 87.2 Å². The summed E-state index contributed by atoms with van der Waals surface area (Å²) in [6.07, 6.45) is 2.84. The molecule has 0 aliphatic carbocycles. The lowest BCUT2D eigenvalue weighted by molar-refractivity contribution is -0.118. The molecular weight excluding hydrogens is 176 g/mol. The van der Waals surface area contributed by atoms with Gasteiger partial charge < -0.3 is 0 Å². The molecule has 0 aliphatic heterocycles. The molecule has 0 aromatic carbocycles. The minimum atomic E-state index is 0.274. The van der Waals surface area contributed by atoms with Crippen LogP contribution in [0.15, 0.2) is 5.10 Å². The number of rotatable bonds is 7. The van der Waals surface area contributed by atoms with Crippen molar-refractivity contribution in [1.82, 2.24) is 5.01 Å². The second-order valence-corrected chi connectivity index (χ2v) is 3.78. The molecule has 0 rings (SSSR count). The summed E-state index contributed by atoms with van der Waals surface area (Å²) >= 11 is 0. The van der Waals surface area contributed by atoms with Crippen molar-refractivity contribution in [2.24, 2.45) is 11.0 Å². The number of hydrazone groups is 1. The van der Waals surface area contributed by atoms with Gasteiger partial charge in [0.1, 0.15) is 5.78 Å². The van der Waals surface area contributed by atoms with E-state index in [2.05, 4.69) is 32.8 Å². The van der Waals surface area contributed by atoms with Crippen LogP contribution < -0.4 is 0 Å². The SMILES string of the molecule is CCN(CC)/N=C/CC(=O)CC(C)C. The topological polar surface area (TPSA) is 32.7 Å². The molecule has 0 unspecified atom stereocenters. The molecule has 3 nitrogen and oxygen atoms in total. The number of carbonyl (C=O) groups is 1. The summed E-state index contributed by atoms with van der Waals surface area (Å²) in [4.78, 5) is 11.3. The zero-order valence-electron chi connectivity index (χ0n) is 9.79. The smallest absolute Gasteiger partial charge is 0.138 e. The van der Waals surface area contributed by atoms with Gasteiger partial charge in [0.05, 0.1) is 0 Å². The molecular formula is C11H22N2O. The predicted octanol–water partition coefficient (Wildman–Crippen LogP) is 2.32. The van der Waals surface area contributed by atoms with Crippen molar-refractivity contribution in [2.45, 2.75) is 40.5 Å². The van der Waals surface area contributed by atoms with Gasteiger partial charge in [0.2, 0.25) is 0 Å².